The molecule has 0 aromatic heterocycles. The highest BCUT2D eigenvalue weighted by molar-refractivity contribution is 5.99. The summed E-state index contributed by atoms with van der Waals surface area (Å²) >= 11 is 0. The van der Waals surface area contributed by atoms with Crippen molar-refractivity contribution in [1.82, 2.24) is 10.3 Å². The number of hydrogen-bond acceptors (Lipinski definition) is 7. The zero-order valence-electron chi connectivity index (χ0n) is 20.1. The van der Waals surface area contributed by atoms with Crippen LogP contribution in [0.5, 0.6) is 0 Å². The molecule has 0 spiro atoms. The average molecular weight is 476 g/mol. The third-order valence-electron chi connectivity index (χ3n) is 5.11. The number of piperidine rings is 1. The second-order valence-electron chi connectivity index (χ2n) is 9.25. The second-order valence-corrected chi connectivity index (χ2v) is 9.25. The van der Waals surface area contributed by atoms with Crippen molar-refractivity contribution in [3.05, 3.63) is 35.4 Å². The van der Waals surface area contributed by atoms with Gasteiger partial charge in [0.15, 0.2) is 5.78 Å². The molecule has 2 N–H and O–H groups in total. The van der Waals surface area contributed by atoms with Gasteiger partial charge in [-0.3, -0.25) is 9.59 Å². The van der Waals surface area contributed by atoms with Gasteiger partial charge in [-0.2, -0.15) is 5.10 Å². The summed E-state index contributed by atoms with van der Waals surface area (Å²) in [6.45, 7) is 7.61. The van der Waals surface area contributed by atoms with Crippen molar-refractivity contribution in [2.75, 3.05) is 19.7 Å². The van der Waals surface area contributed by atoms with Gasteiger partial charge in [0.25, 0.3) is 0 Å². The minimum absolute atomic E-state index is 0.0852. The number of ketones is 1. The molecule has 34 heavy (non-hydrogen) atoms. The highest BCUT2D eigenvalue weighted by Gasteiger charge is 2.28. The Bertz CT molecular complexity index is 898. The number of amides is 2. The van der Waals surface area contributed by atoms with Crippen LogP contribution in [0.2, 0.25) is 0 Å². The molecule has 2 amide bonds. The van der Waals surface area contributed by atoms with E-state index < -0.39 is 23.6 Å². The van der Waals surface area contributed by atoms with E-state index in [-0.39, 0.29) is 30.8 Å². The van der Waals surface area contributed by atoms with Crippen LogP contribution in [0.1, 0.15) is 62.9 Å². The van der Waals surface area contributed by atoms with Gasteiger partial charge >= 0.3 is 12.1 Å². The monoisotopic (exact) mass is 475 g/mol. The molecule has 0 aliphatic carbocycles. The fraction of sp³-hybridized carbons (Fsp3) is 0.542. The highest BCUT2D eigenvalue weighted by atomic mass is 16.6. The van der Waals surface area contributed by atoms with E-state index in [1.807, 2.05) is 0 Å². The number of carboxylic acid groups (broad SMARTS) is 1. The number of nitrogens with one attached hydrogen (secondary N) is 1. The van der Waals surface area contributed by atoms with E-state index in [1.165, 1.54) is 6.21 Å². The van der Waals surface area contributed by atoms with Crippen molar-refractivity contribution >= 4 is 30.0 Å². The molecular weight excluding hydrogens is 442 g/mol. The summed E-state index contributed by atoms with van der Waals surface area (Å²) in [5, 5.41) is 12.5. The van der Waals surface area contributed by atoms with Crippen LogP contribution in [0, 0.1) is 5.92 Å². The number of ether oxygens (including phenoxy) is 2. The van der Waals surface area contributed by atoms with E-state index in [0.29, 0.717) is 37.1 Å². The topological polar surface area (TPSA) is 135 Å². The van der Waals surface area contributed by atoms with Crippen LogP contribution in [0.4, 0.5) is 4.79 Å². The van der Waals surface area contributed by atoms with Gasteiger partial charge in [-0.05, 0) is 39.2 Å². The Kier molecular flexibility index (Phi) is 9.73. The Morgan fingerprint density at radius 1 is 1.18 bits per heavy atom. The molecule has 1 aromatic carbocycles. The maximum Gasteiger partial charge on any atom is 0.428 e. The van der Waals surface area contributed by atoms with Gasteiger partial charge in [0.05, 0.1) is 12.3 Å². The number of hydrogen-bond donors (Lipinski definition) is 2. The lowest BCUT2D eigenvalue weighted by Crippen LogP contribution is -2.43. The van der Waals surface area contributed by atoms with Gasteiger partial charge in [0.1, 0.15) is 12.2 Å². The molecule has 1 aromatic rings. The molecule has 1 aliphatic heterocycles. The molecule has 0 bridgehead atoms. The largest absolute Gasteiger partial charge is 0.480 e. The highest BCUT2D eigenvalue weighted by Crippen LogP contribution is 2.19. The first kappa shape index (κ1) is 27.0. The number of carbonyl (C=O) groups is 4. The van der Waals surface area contributed by atoms with Crippen LogP contribution in [-0.2, 0) is 19.1 Å². The summed E-state index contributed by atoms with van der Waals surface area (Å²) in [6, 6.07) is 6.70. The van der Waals surface area contributed by atoms with E-state index in [1.54, 1.807) is 56.9 Å². The number of benzene rings is 1. The number of carbonyl (C=O) groups excluding carboxylic acids is 3. The predicted molar refractivity (Wildman–Crippen MR) is 125 cm³/mol. The average Bonchev–Trinajstić information content (AvgIpc) is 2.76. The first-order valence-electron chi connectivity index (χ1n) is 11.2. The second kappa shape index (κ2) is 12.3. The van der Waals surface area contributed by atoms with Gasteiger partial charge < -0.3 is 19.5 Å². The lowest BCUT2D eigenvalue weighted by Gasteiger charge is -2.33. The number of likely N-dealkylation sites (tertiary alicyclic amines) is 1. The Balaban J connectivity index is 1.80. The summed E-state index contributed by atoms with van der Waals surface area (Å²) in [5.41, 5.74) is 2.83. The first-order chi connectivity index (χ1) is 15.9. The Hall–Kier alpha value is -3.27. The number of aliphatic carboxylic acids is 1. The van der Waals surface area contributed by atoms with Crippen molar-refractivity contribution in [3.8, 4) is 0 Å². The normalized spacial score (nSPS) is 15.7. The molecule has 1 atom stereocenters. The number of Topliss-reactive ketones (excluding diaryl/α,β-unsaturated/α-hetero) is 1. The summed E-state index contributed by atoms with van der Waals surface area (Å²) in [7, 11) is 0. The molecule has 1 saturated heterocycles. The molecule has 0 unspecified atom stereocenters. The van der Waals surface area contributed by atoms with Crippen LogP contribution in [0.25, 0.3) is 0 Å². The molecule has 10 heteroatoms. The standard InChI is InChI=1S/C24H33N3O7/c1-16(22(31)27-11-9-19(10-12-27)33-15-21(29)30)13-20(28)18-7-5-17(6-8-18)14-25-26-23(32)34-24(2,3)4/h5-8,14,16,19H,9-13,15H2,1-4H3,(H,26,32)(H,29,30)/t16-/m1/s1. The van der Waals surface area contributed by atoms with Crippen molar-refractivity contribution < 1.29 is 33.8 Å². The van der Waals surface area contributed by atoms with Crippen molar-refractivity contribution in [2.24, 2.45) is 11.0 Å². The number of nitrogens with zero attached hydrogens (tertiary/aromatic N) is 2. The van der Waals surface area contributed by atoms with Crippen LogP contribution in [0.3, 0.4) is 0 Å². The van der Waals surface area contributed by atoms with Crippen LogP contribution in [-0.4, -0.2) is 71.4 Å². The SMILES string of the molecule is C[C@H](CC(=O)c1ccc(C=NNC(=O)OC(C)(C)C)cc1)C(=O)N1CCC(OCC(=O)O)CC1. The lowest BCUT2D eigenvalue weighted by atomic mass is 9.97. The van der Waals surface area contributed by atoms with Crippen LogP contribution >= 0.6 is 0 Å². The molecular formula is C24H33N3O7. The van der Waals surface area contributed by atoms with Crippen LogP contribution in [0.15, 0.2) is 29.4 Å². The lowest BCUT2D eigenvalue weighted by molar-refractivity contribution is -0.147. The van der Waals surface area contributed by atoms with Gasteiger partial charge in [-0.15, -0.1) is 0 Å². The quantitative estimate of drug-likeness (QED) is 0.318. The van der Waals surface area contributed by atoms with Gasteiger partial charge in [0, 0.05) is 31.0 Å². The van der Waals surface area contributed by atoms with Crippen molar-refractivity contribution in [1.29, 1.82) is 0 Å². The maximum atomic E-state index is 12.7. The van der Waals surface area contributed by atoms with E-state index in [2.05, 4.69) is 10.5 Å². The smallest absolute Gasteiger partial charge is 0.428 e. The third-order valence-corrected chi connectivity index (χ3v) is 5.11. The van der Waals surface area contributed by atoms with Crippen LogP contribution < -0.4 is 5.43 Å². The Morgan fingerprint density at radius 3 is 2.35 bits per heavy atom. The molecule has 2 rings (SSSR count). The first-order valence-corrected chi connectivity index (χ1v) is 11.2. The number of hydrazone groups is 1. The number of rotatable bonds is 9. The molecule has 0 radical (unpaired) electrons. The Labute approximate surface area is 199 Å². The summed E-state index contributed by atoms with van der Waals surface area (Å²) in [6.07, 6.45) is 1.84. The fourth-order valence-electron chi connectivity index (χ4n) is 3.44. The Morgan fingerprint density at radius 2 is 1.79 bits per heavy atom. The molecule has 1 aliphatic rings. The third kappa shape index (κ3) is 9.30. The van der Waals surface area contributed by atoms with E-state index in [9.17, 15) is 19.2 Å². The number of carboxylic acids is 1. The molecule has 1 fully saturated rings. The zero-order valence-corrected chi connectivity index (χ0v) is 20.1. The fourth-order valence-corrected chi connectivity index (χ4v) is 3.44. The molecule has 10 nitrogen and oxygen atoms in total. The van der Waals surface area contributed by atoms with E-state index in [4.69, 9.17) is 14.6 Å². The van der Waals surface area contributed by atoms with Crippen molar-refractivity contribution in [3.63, 3.8) is 0 Å². The maximum absolute atomic E-state index is 12.7. The minimum atomic E-state index is -1.01. The molecule has 1 heterocycles. The van der Waals surface area contributed by atoms with Gasteiger partial charge in [0.2, 0.25) is 5.91 Å². The van der Waals surface area contributed by atoms with Crippen molar-refractivity contribution in [2.45, 2.75) is 58.7 Å². The predicted octanol–water partition coefficient (Wildman–Crippen LogP) is 2.85. The minimum Gasteiger partial charge on any atom is -0.480 e. The molecule has 0 saturated carbocycles. The van der Waals surface area contributed by atoms with E-state index >= 15 is 0 Å². The van der Waals surface area contributed by atoms with Gasteiger partial charge in [-0.25, -0.2) is 15.0 Å². The van der Waals surface area contributed by atoms with Gasteiger partial charge in [-0.1, -0.05) is 31.2 Å². The summed E-state index contributed by atoms with van der Waals surface area (Å²) in [4.78, 5) is 49.3. The summed E-state index contributed by atoms with van der Waals surface area (Å²) < 4.78 is 10.4. The zero-order chi connectivity index (χ0) is 25.3. The summed E-state index contributed by atoms with van der Waals surface area (Å²) in [5.74, 6) is -1.72. The molecule has 186 valence electrons. The van der Waals surface area contributed by atoms with E-state index in [0.717, 1.165) is 0 Å².